The third-order valence-corrected chi connectivity index (χ3v) is 4.91. The van der Waals surface area contributed by atoms with Crippen LogP contribution in [0.15, 0.2) is 24.3 Å². The second-order valence-electron chi connectivity index (χ2n) is 6.26. The lowest BCUT2D eigenvalue weighted by Gasteiger charge is -2.36. The summed E-state index contributed by atoms with van der Waals surface area (Å²) in [7, 11) is 0. The van der Waals surface area contributed by atoms with Gasteiger partial charge in [-0.25, -0.2) is 0 Å². The van der Waals surface area contributed by atoms with Crippen LogP contribution in [0.2, 0.25) is 0 Å². The Kier molecular flexibility index (Phi) is 4.22. The fraction of sp³-hybridized carbons (Fsp3) is 0.625. The fourth-order valence-corrected chi connectivity index (χ4v) is 3.84. The van der Waals surface area contributed by atoms with E-state index < -0.39 is 0 Å². The Morgan fingerprint density at radius 2 is 2.14 bits per heavy atom. The van der Waals surface area contributed by atoms with Crippen molar-refractivity contribution in [3.63, 3.8) is 0 Å². The first-order chi connectivity index (χ1) is 10.1. The summed E-state index contributed by atoms with van der Waals surface area (Å²) in [4.78, 5) is 13.4. The van der Waals surface area contributed by atoms with Crippen LogP contribution in [0.25, 0.3) is 0 Å². The first-order valence-electron chi connectivity index (χ1n) is 7.88. The molecule has 0 saturated carbocycles. The van der Waals surface area contributed by atoms with Gasteiger partial charge in [0.1, 0.15) is 0 Å². The molecule has 1 aromatic carbocycles. The van der Waals surface area contributed by atoms with Gasteiger partial charge in [0.25, 0.3) is 5.69 Å². The maximum absolute atomic E-state index is 11.1. The number of para-hydroxylation sites is 1. The van der Waals surface area contributed by atoms with Crippen LogP contribution in [0.4, 0.5) is 5.69 Å². The van der Waals surface area contributed by atoms with Crippen LogP contribution in [0.3, 0.4) is 0 Å². The molecular weight excluding hydrogens is 266 g/mol. The monoisotopic (exact) mass is 289 g/mol. The minimum Gasteiger partial charge on any atom is -0.307 e. The van der Waals surface area contributed by atoms with Crippen molar-refractivity contribution in [3.05, 3.63) is 39.9 Å². The molecule has 3 rings (SSSR count). The predicted octanol–water partition coefficient (Wildman–Crippen LogP) is 2.87. The number of rotatable bonds is 4. The van der Waals surface area contributed by atoms with Crippen LogP contribution < -0.4 is 5.32 Å². The molecule has 0 aliphatic carbocycles. The van der Waals surface area contributed by atoms with Crippen molar-refractivity contribution in [2.24, 2.45) is 0 Å². The molecule has 5 heteroatoms. The summed E-state index contributed by atoms with van der Waals surface area (Å²) in [6, 6.07) is 8.26. The SMILES string of the molecule is CC(NC1CCN2CCCC2C1)c1ccccc1[N+](=O)[O-]. The molecule has 1 N–H and O–H groups in total. The van der Waals surface area contributed by atoms with Crippen LogP contribution in [0, 0.1) is 10.1 Å². The third-order valence-electron chi connectivity index (χ3n) is 4.91. The zero-order valence-electron chi connectivity index (χ0n) is 12.5. The number of hydrogen-bond acceptors (Lipinski definition) is 4. The highest BCUT2D eigenvalue weighted by Crippen LogP contribution is 2.30. The number of fused-ring (bicyclic) bond motifs is 1. The number of benzene rings is 1. The predicted molar refractivity (Wildman–Crippen MR) is 82.3 cm³/mol. The lowest BCUT2D eigenvalue weighted by Crippen LogP contribution is -2.46. The zero-order valence-corrected chi connectivity index (χ0v) is 12.5. The molecule has 2 aliphatic rings. The Bertz CT molecular complexity index is 520. The van der Waals surface area contributed by atoms with Gasteiger partial charge < -0.3 is 10.2 Å². The molecule has 0 spiro atoms. The van der Waals surface area contributed by atoms with Crippen molar-refractivity contribution in [2.45, 2.75) is 50.7 Å². The van der Waals surface area contributed by atoms with Gasteiger partial charge in [0.15, 0.2) is 0 Å². The van der Waals surface area contributed by atoms with Crippen LogP contribution in [-0.2, 0) is 0 Å². The van der Waals surface area contributed by atoms with E-state index in [1.165, 1.54) is 25.8 Å². The average molecular weight is 289 g/mol. The minimum atomic E-state index is -0.285. The van der Waals surface area contributed by atoms with Crippen LogP contribution >= 0.6 is 0 Å². The van der Waals surface area contributed by atoms with Gasteiger partial charge >= 0.3 is 0 Å². The first-order valence-corrected chi connectivity index (χ1v) is 7.88. The van der Waals surface area contributed by atoms with Gasteiger partial charge in [-0.15, -0.1) is 0 Å². The highest BCUT2D eigenvalue weighted by Gasteiger charge is 2.32. The third kappa shape index (κ3) is 3.09. The molecule has 1 aromatic rings. The van der Waals surface area contributed by atoms with E-state index in [2.05, 4.69) is 10.2 Å². The minimum absolute atomic E-state index is 0.0181. The molecule has 0 amide bonds. The Hall–Kier alpha value is -1.46. The molecule has 0 radical (unpaired) electrons. The van der Waals surface area contributed by atoms with E-state index in [1.807, 2.05) is 19.1 Å². The second kappa shape index (κ2) is 6.12. The van der Waals surface area contributed by atoms with Gasteiger partial charge in [0, 0.05) is 29.8 Å². The van der Waals surface area contributed by atoms with E-state index in [-0.39, 0.29) is 16.7 Å². The van der Waals surface area contributed by atoms with E-state index in [0.29, 0.717) is 12.1 Å². The number of piperidine rings is 1. The highest BCUT2D eigenvalue weighted by molar-refractivity contribution is 5.41. The maximum atomic E-state index is 11.1. The molecule has 0 bridgehead atoms. The van der Waals surface area contributed by atoms with Gasteiger partial charge in [-0.05, 0) is 45.7 Å². The summed E-state index contributed by atoms with van der Waals surface area (Å²) in [5.74, 6) is 0. The Balaban J connectivity index is 1.66. The van der Waals surface area contributed by atoms with Crippen molar-refractivity contribution in [3.8, 4) is 0 Å². The van der Waals surface area contributed by atoms with Crippen molar-refractivity contribution < 1.29 is 4.92 Å². The molecule has 21 heavy (non-hydrogen) atoms. The first kappa shape index (κ1) is 14.5. The fourth-order valence-electron chi connectivity index (χ4n) is 3.84. The summed E-state index contributed by atoms with van der Waals surface area (Å²) in [6.45, 7) is 4.44. The average Bonchev–Trinajstić information content (AvgIpc) is 2.94. The zero-order chi connectivity index (χ0) is 14.8. The lowest BCUT2D eigenvalue weighted by molar-refractivity contribution is -0.385. The smallest absolute Gasteiger partial charge is 0.274 e. The molecule has 2 fully saturated rings. The van der Waals surface area contributed by atoms with Crippen molar-refractivity contribution >= 4 is 5.69 Å². The molecule has 2 saturated heterocycles. The van der Waals surface area contributed by atoms with E-state index >= 15 is 0 Å². The molecule has 3 unspecified atom stereocenters. The Labute approximate surface area is 125 Å². The van der Waals surface area contributed by atoms with Crippen LogP contribution in [-0.4, -0.2) is 35.0 Å². The van der Waals surface area contributed by atoms with Gasteiger partial charge in [0.05, 0.1) is 4.92 Å². The standard InChI is InChI=1S/C16H23N3O2/c1-12(15-6-2-3-7-16(15)19(20)21)17-13-8-10-18-9-4-5-14(18)11-13/h2-3,6-7,12-14,17H,4-5,8-11H2,1H3. The lowest BCUT2D eigenvalue weighted by atomic mass is 9.95. The summed E-state index contributed by atoms with van der Waals surface area (Å²) in [5, 5.41) is 14.8. The number of nitrogens with one attached hydrogen (secondary N) is 1. The summed E-state index contributed by atoms with van der Waals surface area (Å²) >= 11 is 0. The summed E-state index contributed by atoms with van der Waals surface area (Å²) in [6.07, 6.45) is 4.93. The summed E-state index contributed by atoms with van der Waals surface area (Å²) in [5.41, 5.74) is 1.01. The number of nitro benzene ring substituents is 1. The van der Waals surface area contributed by atoms with E-state index in [1.54, 1.807) is 12.1 Å². The van der Waals surface area contributed by atoms with E-state index in [9.17, 15) is 10.1 Å². The quantitative estimate of drug-likeness (QED) is 0.684. The van der Waals surface area contributed by atoms with E-state index in [4.69, 9.17) is 0 Å². The molecule has 2 aliphatic heterocycles. The Morgan fingerprint density at radius 1 is 1.33 bits per heavy atom. The van der Waals surface area contributed by atoms with Crippen molar-refractivity contribution in [1.29, 1.82) is 0 Å². The number of hydrogen-bond donors (Lipinski definition) is 1. The van der Waals surface area contributed by atoms with Crippen molar-refractivity contribution in [1.82, 2.24) is 10.2 Å². The normalized spacial score (nSPS) is 27.3. The molecule has 5 nitrogen and oxygen atoms in total. The van der Waals surface area contributed by atoms with Gasteiger partial charge in [-0.2, -0.15) is 0 Å². The molecule has 3 atom stereocenters. The van der Waals surface area contributed by atoms with Crippen molar-refractivity contribution in [2.75, 3.05) is 13.1 Å². The van der Waals surface area contributed by atoms with E-state index in [0.717, 1.165) is 18.5 Å². The second-order valence-corrected chi connectivity index (χ2v) is 6.26. The van der Waals surface area contributed by atoms with Gasteiger partial charge in [-0.1, -0.05) is 18.2 Å². The van der Waals surface area contributed by atoms with Gasteiger partial charge in [-0.3, -0.25) is 10.1 Å². The largest absolute Gasteiger partial charge is 0.307 e. The molecule has 114 valence electrons. The molecule has 2 heterocycles. The Morgan fingerprint density at radius 3 is 2.95 bits per heavy atom. The van der Waals surface area contributed by atoms with Crippen LogP contribution in [0.5, 0.6) is 0 Å². The molecular formula is C16H23N3O2. The molecule has 0 aromatic heterocycles. The highest BCUT2D eigenvalue weighted by atomic mass is 16.6. The topological polar surface area (TPSA) is 58.4 Å². The van der Waals surface area contributed by atoms with Crippen LogP contribution in [0.1, 0.15) is 44.2 Å². The van der Waals surface area contributed by atoms with Gasteiger partial charge in [0.2, 0.25) is 0 Å². The maximum Gasteiger partial charge on any atom is 0.274 e. The summed E-state index contributed by atoms with van der Waals surface area (Å²) < 4.78 is 0. The number of nitro groups is 1. The number of nitrogens with zero attached hydrogens (tertiary/aromatic N) is 2.